The molecule has 96 valence electrons. The second-order valence-corrected chi connectivity index (χ2v) is 4.37. The molecule has 0 spiro atoms. The molecule has 0 fully saturated rings. The Balaban J connectivity index is 2.18. The van der Waals surface area contributed by atoms with Gasteiger partial charge in [-0.25, -0.2) is 4.39 Å². The molecule has 0 N–H and O–H groups in total. The van der Waals surface area contributed by atoms with Crippen LogP contribution < -0.4 is 9.47 Å². The quantitative estimate of drug-likeness (QED) is 0.748. The Hall–Kier alpha value is -1.69. The van der Waals surface area contributed by atoms with Crippen LogP contribution in [0.2, 0.25) is 0 Å². The molecule has 0 saturated heterocycles. The van der Waals surface area contributed by atoms with Crippen LogP contribution in [-0.2, 0) is 6.42 Å². The predicted octanol–water partition coefficient (Wildman–Crippen LogP) is 3.19. The maximum atomic E-state index is 13.9. The molecule has 2 nitrogen and oxygen atoms in total. The number of hydrogen-bond donors (Lipinski definition) is 0. The zero-order chi connectivity index (χ0) is 13.0. The molecule has 0 amide bonds. The van der Waals surface area contributed by atoms with Gasteiger partial charge in [0.1, 0.15) is 19.0 Å². The normalized spacial score (nSPS) is 14.6. The van der Waals surface area contributed by atoms with Crippen molar-refractivity contribution in [2.24, 2.45) is 5.92 Å². The monoisotopic (exact) mass is 248 g/mol. The van der Waals surface area contributed by atoms with Gasteiger partial charge in [0.05, 0.1) is 0 Å². The van der Waals surface area contributed by atoms with E-state index in [4.69, 9.17) is 9.47 Å². The van der Waals surface area contributed by atoms with Crippen LogP contribution >= 0.6 is 0 Å². The topological polar surface area (TPSA) is 18.5 Å². The molecule has 3 heteroatoms. The molecular formula is C15H17FO2. The maximum absolute atomic E-state index is 13.9. The average Bonchev–Trinajstić information content (AvgIpc) is 2.37. The Labute approximate surface area is 107 Å². The summed E-state index contributed by atoms with van der Waals surface area (Å²) in [5, 5.41) is 0. The highest BCUT2D eigenvalue weighted by atomic mass is 19.1. The van der Waals surface area contributed by atoms with E-state index in [0.29, 0.717) is 36.7 Å². The fraction of sp³-hybridized carbons (Fsp3) is 0.467. The van der Waals surface area contributed by atoms with Crippen molar-refractivity contribution in [1.29, 1.82) is 0 Å². The fourth-order valence-electron chi connectivity index (χ4n) is 1.92. The molecule has 1 aromatic carbocycles. The highest BCUT2D eigenvalue weighted by molar-refractivity contribution is 5.45. The van der Waals surface area contributed by atoms with E-state index in [1.165, 1.54) is 6.07 Å². The summed E-state index contributed by atoms with van der Waals surface area (Å²) < 4.78 is 24.7. The Morgan fingerprint density at radius 3 is 2.61 bits per heavy atom. The van der Waals surface area contributed by atoms with Crippen molar-refractivity contribution in [1.82, 2.24) is 0 Å². The summed E-state index contributed by atoms with van der Waals surface area (Å²) >= 11 is 0. The number of benzene rings is 1. The lowest BCUT2D eigenvalue weighted by molar-refractivity contribution is 0.170. The van der Waals surface area contributed by atoms with Crippen molar-refractivity contribution >= 4 is 0 Å². The third-order valence-corrected chi connectivity index (χ3v) is 2.76. The predicted molar refractivity (Wildman–Crippen MR) is 68.3 cm³/mol. The summed E-state index contributed by atoms with van der Waals surface area (Å²) in [6, 6.07) is 3.14. The van der Waals surface area contributed by atoms with Crippen LogP contribution in [-0.4, -0.2) is 13.2 Å². The van der Waals surface area contributed by atoms with Gasteiger partial charge in [0.2, 0.25) is 0 Å². The van der Waals surface area contributed by atoms with Gasteiger partial charge in [0.25, 0.3) is 0 Å². The maximum Gasteiger partial charge on any atom is 0.164 e. The average molecular weight is 248 g/mol. The lowest BCUT2D eigenvalue weighted by Gasteiger charge is -2.19. The van der Waals surface area contributed by atoms with Crippen molar-refractivity contribution in [2.75, 3.05) is 13.2 Å². The minimum absolute atomic E-state index is 0.141. The van der Waals surface area contributed by atoms with E-state index < -0.39 is 0 Å². The van der Waals surface area contributed by atoms with Gasteiger partial charge >= 0.3 is 0 Å². The van der Waals surface area contributed by atoms with Crippen LogP contribution in [0.25, 0.3) is 0 Å². The Kier molecular flexibility index (Phi) is 4.09. The Morgan fingerprint density at radius 2 is 1.94 bits per heavy atom. The van der Waals surface area contributed by atoms with Crippen LogP contribution in [0, 0.1) is 23.6 Å². The van der Waals surface area contributed by atoms with Gasteiger partial charge in [-0.1, -0.05) is 19.8 Å². The standard InChI is InChI=1S/C15H17FO2/c1-3-4-5-11(2)8-12-9-14-15(10-13(12)16)18-7-6-17-14/h9-11H,3,6-8H2,1-2H3. The fourth-order valence-corrected chi connectivity index (χ4v) is 1.92. The van der Waals surface area contributed by atoms with Crippen LogP contribution in [0.3, 0.4) is 0 Å². The number of halogens is 1. The number of ether oxygens (including phenoxy) is 2. The molecule has 0 aliphatic carbocycles. The van der Waals surface area contributed by atoms with Crippen LogP contribution in [0.5, 0.6) is 11.5 Å². The van der Waals surface area contributed by atoms with Crippen LogP contribution in [0.15, 0.2) is 12.1 Å². The number of rotatable bonds is 2. The second-order valence-electron chi connectivity index (χ2n) is 4.37. The van der Waals surface area contributed by atoms with E-state index in [1.807, 2.05) is 13.8 Å². The molecule has 1 unspecified atom stereocenters. The van der Waals surface area contributed by atoms with Gasteiger partial charge in [-0.05, 0) is 18.1 Å². The number of hydrogen-bond acceptors (Lipinski definition) is 2. The van der Waals surface area contributed by atoms with Gasteiger partial charge in [-0.2, -0.15) is 0 Å². The van der Waals surface area contributed by atoms with Gasteiger partial charge in [0, 0.05) is 18.4 Å². The third-order valence-electron chi connectivity index (χ3n) is 2.76. The summed E-state index contributed by atoms with van der Waals surface area (Å²) in [5.41, 5.74) is 0.636. The van der Waals surface area contributed by atoms with E-state index in [2.05, 4.69) is 11.8 Å². The Bertz CT molecular complexity index is 485. The minimum atomic E-state index is -0.246. The molecule has 1 atom stereocenters. The summed E-state index contributed by atoms with van der Waals surface area (Å²) in [4.78, 5) is 0. The molecule has 18 heavy (non-hydrogen) atoms. The molecule has 0 radical (unpaired) electrons. The highest BCUT2D eigenvalue weighted by Gasteiger charge is 2.16. The molecule has 1 aliphatic rings. The Morgan fingerprint density at radius 1 is 1.28 bits per heavy atom. The van der Waals surface area contributed by atoms with E-state index >= 15 is 0 Å². The van der Waals surface area contributed by atoms with Crippen molar-refractivity contribution < 1.29 is 13.9 Å². The molecular weight excluding hydrogens is 231 g/mol. The van der Waals surface area contributed by atoms with Gasteiger partial charge in [-0.15, -0.1) is 5.92 Å². The lowest BCUT2D eigenvalue weighted by Crippen LogP contribution is -2.16. The smallest absolute Gasteiger partial charge is 0.164 e. The van der Waals surface area contributed by atoms with Crippen molar-refractivity contribution in [3.05, 3.63) is 23.5 Å². The second kappa shape index (κ2) is 5.77. The van der Waals surface area contributed by atoms with Crippen molar-refractivity contribution in [3.63, 3.8) is 0 Å². The first-order chi connectivity index (χ1) is 8.70. The van der Waals surface area contributed by atoms with Crippen molar-refractivity contribution in [2.45, 2.75) is 26.7 Å². The number of fused-ring (bicyclic) bond motifs is 1. The van der Waals surface area contributed by atoms with Crippen LogP contribution in [0.1, 0.15) is 25.8 Å². The van der Waals surface area contributed by atoms with Gasteiger partial charge in [0.15, 0.2) is 11.5 Å². The van der Waals surface area contributed by atoms with Gasteiger partial charge < -0.3 is 9.47 Å². The van der Waals surface area contributed by atoms with E-state index in [1.54, 1.807) is 6.07 Å². The summed E-state index contributed by atoms with van der Waals surface area (Å²) in [5.74, 6) is 7.14. The minimum Gasteiger partial charge on any atom is -0.486 e. The van der Waals surface area contributed by atoms with Gasteiger partial charge in [-0.3, -0.25) is 0 Å². The van der Waals surface area contributed by atoms with E-state index in [-0.39, 0.29) is 11.7 Å². The first-order valence-electron chi connectivity index (χ1n) is 6.27. The first-order valence-corrected chi connectivity index (χ1v) is 6.27. The zero-order valence-corrected chi connectivity index (χ0v) is 10.8. The molecule has 0 saturated carbocycles. The lowest BCUT2D eigenvalue weighted by atomic mass is 10.0. The highest BCUT2D eigenvalue weighted by Crippen LogP contribution is 2.33. The molecule has 1 aliphatic heterocycles. The van der Waals surface area contributed by atoms with Crippen LogP contribution in [0.4, 0.5) is 4.39 Å². The third kappa shape index (κ3) is 2.95. The summed E-state index contributed by atoms with van der Waals surface area (Å²) in [6.07, 6.45) is 1.42. The SMILES string of the molecule is CCC#CC(C)Cc1cc2c(cc1F)OCCO2. The van der Waals surface area contributed by atoms with Crippen molar-refractivity contribution in [3.8, 4) is 23.3 Å². The summed E-state index contributed by atoms with van der Waals surface area (Å²) in [7, 11) is 0. The molecule has 0 bridgehead atoms. The van der Waals surface area contributed by atoms with E-state index in [9.17, 15) is 4.39 Å². The largest absolute Gasteiger partial charge is 0.486 e. The summed E-state index contributed by atoms with van der Waals surface area (Å²) in [6.45, 7) is 5.00. The zero-order valence-electron chi connectivity index (χ0n) is 10.8. The molecule has 2 rings (SSSR count). The first kappa shape index (κ1) is 12.8. The molecule has 1 aromatic rings. The molecule has 0 aromatic heterocycles. The van der Waals surface area contributed by atoms with E-state index in [0.717, 1.165) is 6.42 Å². The molecule has 1 heterocycles.